The van der Waals surface area contributed by atoms with Crippen LogP contribution in [0.5, 0.6) is 0 Å². The minimum Gasteiger partial charge on any atom is -0.296 e. The van der Waals surface area contributed by atoms with Crippen LogP contribution in [0.2, 0.25) is 0 Å². The molecule has 8 heteroatoms. The van der Waals surface area contributed by atoms with Gasteiger partial charge in [0.2, 0.25) is 5.13 Å². The smallest absolute Gasteiger partial charge is 0.288 e. The van der Waals surface area contributed by atoms with E-state index < -0.39 is 5.76 Å². The van der Waals surface area contributed by atoms with E-state index in [1.54, 1.807) is 0 Å². The molecule has 4 nitrogen and oxygen atoms in total. The number of rotatable bonds is 7. The van der Waals surface area contributed by atoms with Crippen LogP contribution in [0.4, 0.5) is 13.9 Å². The number of amides is 1. The highest BCUT2D eigenvalue weighted by Gasteiger charge is 2.15. The van der Waals surface area contributed by atoms with Crippen molar-refractivity contribution in [3.05, 3.63) is 34.8 Å². The van der Waals surface area contributed by atoms with Gasteiger partial charge in [-0.05, 0) is 37.1 Å². The molecule has 2 aromatic rings. The fraction of sp³-hybridized carbons (Fsp3) is 0.400. The summed E-state index contributed by atoms with van der Waals surface area (Å²) in [5, 5.41) is 12.2. The van der Waals surface area contributed by atoms with E-state index in [1.165, 1.54) is 35.6 Å². The maximum atomic E-state index is 12.3. The normalized spacial score (nSPS) is 11.2. The molecule has 2 rings (SSSR count). The molecule has 0 saturated carbocycles. The first-order chi connectivity index (χ1) is 11.0. The molecular formula is C15H17F2N3OS2. The van der Waals surface area contributed by atoms with Crippen molar-refractivity contribution >= 4 is 34.1 Å². The monoisotopic (exact) mass is 357 g/mol. The lowest BCUT2D eigenvalue weighted by atomic mass is 10.1. The van der Waals surface area contributed by atoms with Crippen LogP contribution >= 0.6 is 23.1 Å². The highest BCUT2D eigenvalue weighted by Crippen LogP contribution is 2.28. The Morgan fingerprint density at radius 1 is 1.22 bits per heavy atom. The predicted octanol–water partition coefficient (Wildman–Crippen LogP) is 5.01. The fourth-order valence-electron chi connectivity index (χ4n) is 2.05. The molecule has 0 aliphatic rings. The van der Waals surface area contributed by atoms with Gasteiger partial charge in [0.1, 0.15) is 5.01 Å². The summed E-state index contributed by atoms with van der Waals surface area (Å²) in [6.45, 7) is 4.18. The molecule has 0 aliphatic heterocycles. The standard InChI is InChI=1S/C15H17F2N3OS2/c1-3-9(4-2)13-19-20-15(23-13)18-12(21)10-5-7-11(8-6-10)22-14(16)17/h5-9,14H,3-4H2,1-2H3,(H,18,20,21). The number of hydrogen-bond donors (Lipinski definition) is 1. The van der Waals surface area contributed by atoms with Crippen molar-refractivity contribution in [3.63, 3.8) is 0 Å². The summed E-state index contributed by atoms with van der Waals surface area (Å²) in [5.74, 6) is -2.45. The number of thioether (sulfide) groups is 1. The third kappa shape index (κ3) is 4.97. The van der Waals surface area contributed by atoms with Gasteiger partial charge < -0.3 is 0 Å². The minimum absolute atomic E-state index is 0.328. The zero-order chi connectivity index (χ0) is 16.8. The summed E-state index contributed by atoms with van der Waals surface area (Å²) in [4.78, 5) is 12.6. The quantitative estimate of drug-likeness (QED) is 0.708. The average molecular weight is 357 g/mol. The lowest BCUT2D eigenvalue weighted by molar-refractivity contribution is 0.102. The largest absolute Gasteiger partial charge is 0.296 e. The van der Waals surface area contributed by atoms with Crippen LogP contribution in [-0.4, -0.2) is 21.9 Å². The molecule has 1 N–H and O–H groups in total. The molecule has 0 unspecified atom stereocenters. The molecule has 1 aromatic carbocycles. The molecule has 0 bridgehead atoms. The second kappa shape index (κ2) is 8.35. The van der Waals surface area contributed by atoms with Gasteiger partial charge >= 0.3 is 0 Å². The van der Waals surface area contributed by atoms with Crippen LogP contribution in [0, 0.1) is 0 Å². The Labute approximate surface area is 141 Å². The van der Waals surface area contributed by atoms with Crippen LogP contribution < -0.4 is 5.32 Å². The summed E-state index contributed by atoms with van der Waals surface area (Å²) >= 11 is 1.82. The number of carbonyl (C=O) groups excluding carboxylic acids is 1. The Morgan fingerprint density at radius 3 is 2.43 bits per heavy atom. The number of alkyl halides is 2. The van der Waals surface area contributed by atoms with Gasteiger partial charge in [-0.25, -0.2) is 0 Å². The van der Waals surface area contributed by atoms with E-state index in [0.717, 1.165) is 17.8 Å². The van der Waals surface area contributed by atoms with Crippen molar-refractivity contribution < 1.29 is 13.6 Å². The van der Waals surface area contributed by atoms with Gasteiger partial charge in [0.05, 0.1) is 0 Å². The Kier molecular flexibility index (Phi) is 6.47. The second-order valence-corrected chi connectivity index (χ2v) is 6.89. The Morgan fingerprint density at radius 2 is 1.87 bits per heavy atom. The van der Waals surface area contributed by atoms with Gasteiger partial charge in [0.25, 0.3) is 11.7 Å². The minimum atomic E-state index is -2.47. The molecule has 0 aliphatic carbocycles. The van der Waals surface area contributed by atoms with Crippen molar-refractivity contribution in [2.75, 3.05) is 5.32 Å². The van der Waals surface area contributed by atoms with Gasteiger partial charge in [-0.2, -0.15) is 8.78 Å². The van der Waals surface area contributed by atoms with Crippen molar-refractivity contribution in [2.24, 2.45) is 0 Å². The van der Waals surface area contributed by atoms with Crippen molar-refractivity contribution in [2.45, 2.75) is 43.3 Å². The first kappa shape index (κ1) is 17.8. The van der Waals surface area contributed by atoms with Crippen LogP contribution in [0.15, 0.2) is 29.2 Å². The van der Waals surface area contributed by atoms with E-state index >= 15 is 0 Å². The zero-order valence-corrected chi connectivity index (χ0v) is 14.4. The topological polar surface area (TPSA) is 54.9 Å². The summed E-state index contributed by atoms with van der Waals surface area (Å²) in [7, 11) is 0. The predicted molar refractivity (Wildman–Crippen MR) is 89.5 cm³/mol. The van der Waals surface area contributed by atoms with E-state index in [0.29, 0.717) is 33.3 Å². The Balaban J connectivity index is 2.01. The van der Waals surface area contributed by atoms with E-state index in [2.05, 4.69) is 29.4 Å². The van der Waals surface area contributed by atoms with E-state index in [9.17, 15) is 13.6 Å². The molecular weight excluding hydrogens is 340 g/mol. The molecule has 124 valence electrons. The number of aromatic nitrogens is 2. The number of anilines is 1. The van der Waals surface area contributed by atoms with Gasteiger partial charge in [0.15, 0.2) is 0 Å². The van der Waals surface area contributed by atoms with Gasteiger partial charge in [-0.3, -0.25) is 10.1 Å². The van der Waals surface area contributed by atoms with Crippen molar-refractivity contribution in [3.8, 4) is 0 Å². The molecule has 1 amide bonds. The molecule has 1 heterocycles. The fourth-order valence-corrected chi connectivity index (χ4v) is 3.55. The van der Waals surface area contributed by atoms with Crippen LogP contribution in [0.1, 0.15) is 48.0 Å². The number of hydrogen-bond acceptors (Lipinski definition) is 5. The molecule has 0 fully saturated rings. The molecule has 0 radical (unpaired) electrons. The number of benzene rings is 1. The van der Waals surface area contributed by atoms with Crippen LogP contribution in [-0.2, 0) is 0 Å². The molecule has 23 heavy (non-hydrogen) atoms. The number of nitrogens with one attached hydrogen (secondary N) is 1. The van der Waals surface area contributed by atoms with Gasteiger partial charge in [-0.15, -0.1) is 10.2 Å². The average Bonchev–Trinajstić information content (AvgIpc) is 2.97. The maximum absolute atomic E-state index is 12.3. The third-order valence-electron chi connectivity index (χ3n) is 3.34. The summed E-state index contributed by atoms with van der Waals surface area (Å²) in [6.07, 6.45) is 1.95. The number of halogens is 2. The summed E-state index contributed by atoms with van der Waals surface area (Å²) < 4.78 is 24.5. The Hall–Kier alpha value is -1.54. The summed E-state index contributed by atoms with van der Waals surface area (Å²) in [5.41, 5.74) is 0.392. The molecule has 0 saturated heterocycles. The zero-order valence-electron chi connectivity index (χ0n) is 12.8. The molecule has 0 spiro atoms. The lowest BCUT2D eigenvalue weighted by Crippen LogP contribution is -2.11. The van der Waals surface area contributed by atoms with Gasteiger partial charge in [-0.1, -0.05) is 36.9 Å². The highest BCUT2D eigenvalue weighted by molar-refractivity contribution is 7.99. The number of carbonyl (C=O) groups is 1. The van der Waals surface area contributed by atoms with Crippen LogP contribution in [0.25, 0.3) is 0 Å². The maximum Gasteiger partial charge on any atom is 0.288 e. The van der Waals surface area contributed by atoms with E-state index in [1.807, 2.05) is 0 Å². The first-order valence-corrected chi connectivity index (χ1v) is 8.92. The SMILES string of the molecule is CCC(CC)c1nnc(NC(=O)c2ccc(SC(F)F)cc2)s1. The second-order valence-electron chi connectivity index (χ2n) is 4.82. The van der Waals surface area contributed by atoms with Crippen LogP contribution in [0.3, 0.4) is 0 Å². The Bertz CT molecular complexity index is 642. The van der Waals surface area contributed by atoms with E-state index in [-0.39, 0.29) is 5.91 Å². The first-order valence-electron chi connectivity index (χ1n) is 7.23. The van der Waals surface area contributed by atoms with Gasteiger partial charge in [0, 0.05) is 16.4 Å². The van der Waals surface area contributed by atoms with Crippen molar-refractivity contribution in [1.82, 2.24) is 10.2 Å². The lowest BCUT2D eigenvalue weighted by Gasteiger charge is -2.06. The highest BCUT2D eigenvalue weighted by atomic mass is 32.2. The van der Waals surface area contributed by atoms with Crippen molar-refractivity contribution in [1.29, 1.82) is 0 Å². The number of nitrogens with zero attached hydrogens (tertiary/aromatic N) is 2. The summed E-state index contributed by atoms with van der Waals surface area (Å²) in [6, 6.07) is 6.04. The third-order valence-corrected chi connectivity index (χ3v) is 5.06. The molecule has 1 aromatic heterocycles. The molecule has 0 atom stereocenters. The van der Waals surface area contributed by atoms with E-state index in [4.69, 9.17) is 0 Å².